The van der Waals surface area contributed by atoms with Crippen molar-refractivity contribution in [3.8, 4) is 0 Å². The van der Waals surface area contributed by atoms with Crippen molar-refractivity contribution < 1.29 is 4.79 Å². The van der Waals surface area contributed by atoms with E-state index >= 15 is 0 Å². The van der Waals surface area contributed by atoms with Crippen molar-refractivity contribution in [1.82, 2.24) is 10.6 Å². The van der Waals surface area contributed by atoms with Crippen LogP contribution in [0.5, 0.6) is 0 Å². The standard InChI is InChI=1S/C16H22N2O/c1-16(7-4-8-16)11-18-15(19)14-9-12-5-2-3-6-13(12)10-17-14/h2-3,5-6,14,17H,4,7-11H2,1H3,(H,18,19)/t14-/m0/s1. The molecular formula is C16H22N2O. The molecule has 1 heterocycles. The highest BCUT2D eigenvalue weighted by molar-refractivity contribution is 5.82. The van der Waals surface area contributed by atoms with Gasteiger partial charge in [0.2, 0.25) is 5.91 Å². The summed E-state index contributed by atoms with van der Waals surface area (Å²) < 4.78 is 0. The van der Waals surface area contributed by atoms with E-state index in [2.05, 4.69) is 41.8 Å². The highest BCUT2D eigenvalue weighted by Crippen LogP contribution is 2.39. The smallest absolute Gasteiger partial charge is 0.237 e. The van der Waals surface area contributed by atoms with Gasteiger partial charge in [-0.25, -0.2) is 0 Å². The van der Waals surface area contributed by atoms with E-state index in [0.717, 1.165) is 19.5 Å². The van der Waals surface area contributed by atoms with Crippen LogP contribution in [-0.2, 0) is 17.8 Å². The summed E-state index contributed by atoms with van der Waals surface area (Å²) in [7, 11) is 0. The number of carbonyl (C=O) groups excluding carboxylic acids is 1. The first-order chi connectivity index (χ1) is 9.16. The Morgan fingerprint density at radius 3 is 2.79 bits per heavy atom. The van der Waals surface area contributed by atoms with Crippen LogP contribution in [0.3, 0.4) is 0 Å². The second-order valence-corrected chi connectivity index (χ2v) is 6.29. The Labute approximate surface area is 114 Å². The maximum absolute atomic E-state index is 12.2. The van der Waals surface area contributed by atoms with Gasteiger partial charge in [0.05, 0.1) is 6.04 Å². The summed E-state index contributed by atoms with van der Waals surface area (Å²) in [4.78, 5) is 12.2. The van der Waals surface area contributed by atoms with E-state index < -0.39 is 0 Å². The molecule has 102 valence electrons. The highest BCUT2D eigenvalue weighted by atomic mass is 16.2. The van der Waals surface area contributed by atoms with Crippen LogP contribution in [0.25, 0.3) is 0 Å². The van der Waals surface area contributed by atoms with E-state index in [-0.39, 0.29) is 11.9 Å². The van der Waals surface area contributed by atoms with Gasteiger partial charge in [-0.2, -0.15) is 0 Å². The molecule has 1 amide bonds. The van der Waals surface area contributed by atoms with Gasteiger partial charge in [-0.15, -0.1) is 0 Å². The van der Waals surface area contributed by atoms with E-state index in [4.69, 9.17) is 0 Å². The Bertz CT molecular complexity index is 479. The predicted molar refractivity (Wildman–Crippen MR) is 75.7 cm³/mol. The van der Waals surface area contributed by atoms with Crippen LogP contribution in [-0.4, -0.2) is 18.5 Å². The van der Waals surface area contributed by atoms with Crippen molar-refractivity contribution in [2.75, 3.05) is 6.54 Å². The lowest BCUT2D eigenvalue weighted by molar-refractivity contribution is -0.124. The van der Waals surface area contributed by atoms with Crippen LogP contribution in [0, 0.1) is 5.41 Å². The second-order valence-electron chi connectivity index (χ2n) is 6.29. The lowest BCUT2D eigenvalue weighted by Crippen LogP contribution is -2.50. The summed E-state index contributed by atoms with van der Waals surface area (Å²) in [6.45, 7) is 3.89. The third kappa shape index (κ3) is 2.66. The minimum atomic E-state index is -0.0708. The molecule has 2 aliphatic rings. The lowest BCUT2D eigenvalue weighted by atomic mass is 9.70. The molecule has 0 aromatic heterocycles. The van der Waals surface area contributed by atoms with Crippen molar-refractivity contribution in [3.05, 3.63) is 35.4 Å². The van der Waals surface area contributed by atoms with Crippen molar-refractivity contribution in [2.24, 2.45) is 5.41 Å². The average Bonchev–Trinajstić information content (AvgIpc) is 2.42. The van der Waals surface area contributed by atoms with Crippen molar-refractivity contribution in [1.29, 1.82) is 0 Å². The quantitative estimate of drug-likeness (QED) is 0.870. The van der Waals surface area contributed by atoms with Crippen molar-refractivity contribution >= 4 is 5.91 Å². The molecule has 19 heavy (non-hydrogen) atoms. The number of carbonyl (C=O) groups is 1. The molecule has 0 radical (unpaired) electrons. The zero-order chi connectivity index (χ0) is 13.3. The first kappa shape index (κ1) is 12.7. The Hall–Kier alpha value is -1.35. The number of rotatable bonds is 3. The third-order valence-corrected chi connectivity index (χ3v) is 4.65. The van der Waals surface area contributed by atoms with Gasteiger partial charge in [-0.1, -0.05) is 37.6 Å². The summed E-state index contributed by atoms with van der Waals surface area (Å²) in [6.07, 6.45) is 4.60. The number of benzene rings is 1. The maximum Gasteiger partial charge on any atom is 0.237 e. The van der Waals surface area contributed by atoms with Crippen LogP contribution in [0.15, 0.2) is 24.3 Å². The van der Waals surface area contributed by atoms with Crippen LogP contribution >= 0.6 is 0 Å². The van der Waals surface area contributed by atoms with Gasteiger partial charge in [0.1, 0.15) is 0 Å². The fraction of sp³-hybridized carbons (Fsp3) is 0.562. The predicted octanol–water partition coefficient (Wildman–Crippen LogP) is 2.01. The number of fused-ring (bicyclic) bond motifs is 1. The van der Waals surface area contributed by atoms with Gasteiger partial charge in [0.15, 0.2) is 0 Å². The zero-order valence-electron chi connectivity index (χ0n) is 11.5. The topological polar surface area (TPSA) is 41.1 Å². The van der Waals surface area contributed by atoms with Gasteiger partial charge in [0, 0.05) is 13.1 Å². The second kappa shape index (κ2) is 4.97. The molecule has 3 nitrogen and oxygen atoms in total. The summed E-state index contributed by atoms with van der Waals surface area (Å²) in [5.74, 6) is 0.155. The van der Waals surface area contributed by atoms with Gasteiger partial charge in [0.25, 0.3) is 0 Å². The molecule has 1 aromatic rings. The average molecular weight is 258 g/mol. The van der Waals surface area contributed by atoms with Gasteiger partial charge in [-0.3, -0.25) is 4.79 Å². The first-order valence-electron chi connectivity index (χ1n) is 7.24. The molecule has 1 aromatic carbocycles. The van der Waals surface area contributed by atoms with Crippen molar-refractivity contribution in [2.45, 2.75) is 45.2 Å². The van der Waals surface area contributed by atoms with E-state index in [1.807, 2.05) is 0 Å². The number of hydrogen-bond donors (Lipinski definition) is 2. The number of nitrogens with one attached hydrogen (secondary N) is 2. The molecule has 1 aliphatic heterocycles. The molecule has 3 rings (SSSR count). The number of amides is 1. The third-order valence-electron chi connectivity index (χ3n) is 4.65. The molecule has 1 aliphatic carbocycles. The van der Waals surface area contributed by atoms with Crippen molar-refractivity contribution in [3.63, 3.8) is 0 Å². The maximum atomic E-state index is 12.2. The fourth-order valence-electron chi connectivity index (χ4n) is 3.02. The van der Waals surface area contributed by atoms with Crippen LogP contribution in [0.4, 0.5) is 0 Å². The normalized spacial score (nSPS) is 24.2. The number of hydrogen-bond acceptors (Lipinski definition) is 2. The first-order valence-corrected chi connectivity index (χ1v) is 7.24. The van der Waals surface area contributed by atoms with Gasteiger partial charge in [-0.05, 0) is 35.8 Å². The minimum Gasteiger partial charge on any atom is -0.354 e. The van der Waals surface area contributed by atoms with E-state index in [1.165, 1.54) is 30.4 Å². The molecule has 0 bridgehead atoms. The molecule has 0 spiro atoms. The monoisotopic (exact) mass is 258 g/mol. The Balaban J connectivity index is 1.57. The molecule has 1 saturated carbocycles. The Morgan fingerprint density at radius 2 is 2.11 bits per heavy atom. The van der Waals surface area contributed by atoms with Gasteiger partial charge < -0.3 is 10.6 Å². The van der Waals surface area contributed by atoms with E-state index in [0.29, 0.717) is 5.41 Å². The van der Waals surface area contributed by atoms with Crippen LogP contribution in [0.1, 0.15) is 37.3 Å². The summed E-state index contributed by atoms with van der Waals surface area (Å²) in [6, 6.07) is 8.29. The van der Waals surface area contributed by atoms with E-state index in [9.17, 15) is 4.79 Å². The van der Waals surface area contributed by atoms with Crippen LogP contribution < -0.4 is 10.6 Å². The SMILES string of the molecule is CC1(CNC(=O)[C@@H]2Cc3ccccc3CN2)CCC1. The highest BCUT2D eigenvalue weighted by Gasteiger charge is 2.33. The lowest BCUT2D eigenvalue weighted by Gasteiger charge is -2.39. The minimum absolute atomic E-state index is 0.0708. The Morgan fingerprint density at radius 1 is 1.37 bits per heavy atom. The fourth-order valence-corrected chi connectivity index (χ4v) is 3.02. The molecule has 2 N–H and O–H groups in total. The zero-order valence-corrected chi connectivity index (χ0v) is 11.5. The summed E-state index contributed by atoms with van der Waals surface area (Å²) in [5, 5.41) is 6.46. The van der Waals surface area contributed by atoms with E-state index in [1.54, 1.807) is 0 Å². The largest absolute Gasteiger partial charge is 0.354 e. The molecule has 3 heteroatoms. The molecular weight excluding hydrogens is 236 g/mol. The molecule has 1 fully saturated rings. The molecule has 0 unspecified atom stereocenters. The summed E-state index contributed by atoms with van der Waals surface area (Å²) in [5.41, 5.74) is 2.97. The summed E-state index contributed by atoms with van der Waals surface area (Å²) >= 11 is 0. The molecule has 1 atom stereocenters. The van der Waals surface area contributed by atoms with Crippen LogP contribution in [0.2, 0.25) is 0 Å². The van der Waals surface area contributed by atoms with Gasteiger partial charge >= 0.3 is 0 Å². The molecule has 0 saturated heterocycles. The Kier molecular flexibility index (Phi) is 3.31.